The predicted octanol–water partition coefficient (Wildman–Crippen LogP) is 6.88. The van der Waals surface area contributed by atoms with Crippen molar-refractivity contribution in [2.24, 2.45) is 10.8 Å². The zero-order valence-corrected chi connectivity index (χ0v) is 25.0. The van der Waals surface area contributed by atoms with Gasteiger partial charge in [0.1, 0.15) is 4.75 Å². The molecule has 0 spiro atoms. The number of halogens is 8. The highest BCUT2D eigenvalue weighted by Gasteiger charge is 2.74. The Morgan fingerprint density at radius 1 is 0.822 bits per heavy atom. The van der Waals surface area contributed by atoms with E-state index >= 15 is 4.39 Å². The molecule has 2 bridgehead atoms. The Balaban J connectivity index is 1.47. The van der Waals surface area contributed by atoms with Crippen LogP contribution in [0.1, 0.15) is 61.6 Å². The van der Waals surface area contributed by atoms with Crippen molar-refractivity contribution in [3.63, 3.8) is 0 Å². The maximum absolute atomic E-state index is 15.1. The van der Waals surface area contributed by atoms with Gasteiger partial charge >= 0.3 is 24.0 Å². The maximum atomic E-state index is 15.1. The third-order valence-corrected chi connectivity index (χ3v) is 13.6. The molecule has 7 rings (SSSR count). The standard InChI is InChI=1S/C30H27ClF7NO5S/c31-19-2-4-20(5-3-19)45(43,44)27-13-14-39(23(40)25-7-10-26(11-8-25,12-9-25)24(41)42)22(27)16-17-15-18(1-6-21(17)27)28(32,29(33,34)35)30(36,37)38/h1-6,15,22H,7-14,16H2,(H,41,42). The van der Waals surface area contributed by atoms with E-state index in [4.69, 9.17) is 11.6 Å². The monoisotopic (exact) mass is 681 g/mol. The molecule has 2 atom stereocenters. The minimum atomic E-state index is -6.37. The van der Waals surface area contributed by atoms with E-state index in [1.165, 1.54) is 29.2 Å². The number of hydrogen-bond donors (Lipinski definition) is 1. The summed E-state index contributed by atoms with van der Waals surface area (Å²) in [6, 6.07) is 5.41. The van der Waals surface area contributed by atoms with Gasteiger partial charge in [-0.25, -0.2) is 12.8 Å². The molecule has 1 amide bonds. The van der Waals surface area contributed by atoms with Crippen LogP contribution in [0.4, 0.5) is 30.7 Å². The molecule has 1 aliphatic heterocycles. The zero-order valence-electron chi connectivity index (χ0n) is 23.4. The van der Waals surface area contributed by atoms with Crippen LogP contribution in [0.5, 0.6) is 0 Å². The van der Waals surface area contributed by atoms with Crippen LogP contribution >= 0.6 is 11.6 Å². The fourth-order valence-corrected chi connectivity index (χ4v) is 10.7. The summed E-state index contributed by atoms with van der Waals surface area (Å²) in [5, 5.41) is 9.98. The summed E-state index contributed by atoms with van der Waals surface area (Å²) in [6.07, 6.45) is -11.9. The number of carboxylic acid groups (broad SMARTS) is 1. The van der Waals surface area contributed by atoms with E-state index in [9.17, 15) is 49.5 Å². The third kappa shape index (κ3) is 4.22. The molecule has 3 saturated carbocycles. The second kappa shape index (κ2) is 9.82. The molecular formula is C30H27ClF7NO5S. The lowest BCUT2D eigenvalue weighted by atomic mass is 9.53. The van der Waals surface area contributed by atoms with E-state index in [0.29, 0.717) is 12.1 Å². The topological polar surface area (TPSA) is 91.8 Å². The van der Waals surface area contributed by atoms with Gasteiger partial charge in [-0.3, -0.25) is 9.59 Å². The van der Waals surface area contributed by atoms with Crippen LogP contribution in [0.15, 0.2) is 47.4 Å². The number of rotatable bonds is 5. The van der Waals surface area contributed by atoms with Crippen molar-refractivity contribution in [2.75, 3.05) is 6.54 Å². The van der Waals surface area contributed by atoms with Gasteiger partial charge in [0.15, 0.2) is 9.84 Å². The summed E-state index contributed by atoms with van der Waals surface area (Å²) in [4.78, 5) is 27.4. The molecule has 15 heteroatoms. The fourth-order valence-electron chi connectivity index (χ4n) is 8.19. The number of amides is 1. The Hall–Kier alpha value is -2.87. The summed E-state index contributed by atoms with van der Waals surface area (Å²) in [5.74, 6) is -1.36. The summed E-state index contributed by atoms with van der Waals surface area (Å²) < 4.78 is 124. The molecule has 4 fully saturated rings. The lowest BCUT2D eigenvalue weighted by Gasteiger charge is -2.51. The maximum Gasteiger partial charge on any atom is 0.435 e. The van der Waals surface area contributed by atoms with Crippen LogP contribution in [0.3, 0.4) is 0 Å². The van der Waals surface area contributed by atoms with Crippen LogP contribution in [0.2, 0.25) is 5.02 Å². The molecule has 244 valence electrons. The van der Waals surface area contributed by atoms with E-state index < -0.39 is 73.3 Å². The molecule has 45 heavy (non-hydrogen) atoms. The molecular weight excluding hydrogens is 655 g/mol. The van der Waals surface area contributed by atoms with Crippen molar-refractivity contribution in [1.29, 1.82) is 0 Å². The van der Waals surface area contributed by atoms with Crippen LogP contribution in [-0.4, -0.2) is 55.2 Å². The first-order valence-electron chi connectivity index (χ1n) is 14.3. The van der Waals surface area contributed by atoms with Crippen LogP contribution in [0, 0.1) is 10.8 Å². The molecule has 2 aromatic rings. The number of aliphatic carboxylic acids is 1. The molecule has 1 heterocycles. The minimum Gasteiger partial charge on any atom is -0.481 e. The van der Waals surface area contributed by atoms with E-state index in [0.717, 1.165) is 6.07 Å². The number of sulfone groups is 1. The first-order valence-corrected chi connectivity index (χ1v) is 16.1. The Kier molecular flexibility index (Phi) is 7.00. The molecule has 0 radical (unpaired) electrons. The summed E-state index contributed by atoms with van der Waals surface area (Å²) in [6.45, 7) is -0.0680. The van der Waals surface area contributed by atoms with Crippen molar-refractivity contribution < 1.29 is 53.8 Å². The number of hydrogen-bond acceptors (Lipinski definition) is 4. The van der Waals surface area contributed by atoms with Gasteiger partial charge in [-0.2, -0.15) is 26.3 Å². The number of carboxylic acids is 1. The normalized spacial score (nSPS) is 29.9. The lowest BCUT2D eigenvalue weighted by Crippen LogP contribution is -2.56. The minimum absolute atomic E-state index is 0.0680. The van der Waals surface area contributed by atoms with Gasteiger partial charge in [0, 0.05) is 22.5 Å². The second-order valence-corrected chi connectivity index (χ2v) is 15.4. The Morgan fingerprint density at radius 2 is 1.36 bits per heavy atom. The molecule has 2 aromatic carbocycles. The third-order valence-electron chi connectivity index (χ3n) is 10.8. The highest BCUT2D eigenvalue weighted by Crippen LogP contribution is 2.61. The predicted molar refractivity (Wildman–Crippen MR) is 146 cm³/mol. The molecule has 5 aliphatic rings. The Bertz CT molecular complexity index is 1650. The summed E-state index contributed by atoms with van der Waals surface area (Å²) >= 11 is 5.96. The quantitative estimate of drug-likeness (QED) is 0.348. The number of nitrogens with zero attached hydrogens (tertiary/aromatic N) is 1. The van der Waals surface area contributed by atoms with Crippen molar-refractivity contribution in [1.82, 2.24) is 4.90 Å². The summed E-state index contributed by atoms with van der Waals surface area (Å²) in [7, 11) is -4.48. The molecule has 6 nitrogen and oxygen atoms in total. The van der Waals surface area contributed by atoms with Crippen molar-refractivity contribution >= 4 is 33.3 Å². The number of alkyl halides is 7. The number of carbonyl (C=O) groups is 2. The van der Waals surface area contributed by atoms with Gasteiger partial charge in [-0.05, 0) is 86.8 Å². The van der Waals surface area contributed by atoms with Crippen molar-refractivity contribution in [3.8, 4) is 0 Å². The highest BCUT2D eigenvalue weighted by atomic mass is 35.5. The lowest BCUT2D eigenvalue weighted by molar-refractivity contribution is -0.348. The zero-order chi connectivity index (χ0) is 33.0. The largest absolute Gasteiger partial charge is 0.481 e. The van der Waals surface area contributed by atoms with Gasteiger partial charge in [0.2, 0.25) is 5.91 Å². The van der Waals surface area contributed by atoms with Crippen LogP contribution < -0.4 is 0 Å². The molecule has 4 aliphatic carbocycles. The van der Waals surface area contributed by atoms with Crippen molar-refractivity contribution in [2.45, 2.75) is 85.1 Å². The van der Waals surface area contributed by atoms with Crippen LogP contribution in [0.25, 0.3) is 0 Å². The highest BCUT2D eigenvalue weighted by molar-refractivity contribution is 7.92. The SMILES string of the molecule is O=C(O)C12CCC(C(=O)N3CCC4(S(=O)(=O)c5ccc(Cl)cc5)c5ccc(C(F)(C(F)(F)F)C(F)(F)F)cc5CC34)(CC1)CC2. The average Bonchev–Trinajstić information content (AvgIpc) is 3.52. The van der Waals surface area contributed by atoms with Crippen molar-refractivity contribution in [3.05, 3.63) is 64.2 Å². The number of likely N-dealkylation sites (tertiary alicyclic amines) is 1. The van der Waals surface area contributed by atoms with Gasteiger partial charge in [0.05, 0.1) is 16.4 Å². The molecule has 1 saturated heterocycles. The van der Waals surface area contributed by atoms with Gasteiger partial charge in [-0.15, -0.1) is 0 Å². The number of carbonyl (C=O) groups excluding carboxylic acids is 1. The molecule has 0 aromatic heterocycles. The molecule has 1 N–H and O–H groups in total. The van der Waals surface area contributed by atoms with E-state index in [-0.39, 0.29) is 72.5 Å². The fraction of sp³-hybridized carbons (Fsp3) is 0.533. The second-order valence-electron chi connectivity index (χ2n) is 12.7. The van der Waals surface area contributed by atoms with Gasteiger partial charge < -0.3 is 10.0 Å². The first kappa shape index (κ1) is 32.1. The van der Waals surface area contributed by atoms with Gasteiger partial charge in [-0.1, -0.05) is 29.8 Å². The number of fused-ring (bicyclic) bond motifs is 6. The smallest absolute Gasteiger partial charge is 0.435 e. The summed E-state index contributed by atoms with van der Waals surface area (Å²) in [5.41, 5.74) is -9.70. The first-order chi connectivity index (χ1) is 20.8. The van der Waals surface area contributed by atoms with Gasteiger partial charge in [0.25, 0.3) is 0 Å². The molecule has 2 unspecified atom stereocenters. The van der Waals surface area contributed by atoms with E-state index in [1.807, 2.05) is 0 Å². The Morgan fingerprint density at radius 3 is 1.87 bits per heavy atom. The van der Waals surface area contributed by atoms with Crippen LogP contribution in [-0.2, 0) is 36.3 Å². The van der Waals surface area contributed by atoms with E-state index in [1.54, 1.807) is 0 Å². The van der Waals surface area contributed by atoms with E-state index in [2.05, 4.69) is 0 Å². The average molecular weight is 682 g/mol. The number of benzene rings is 2. The Labute approximate surface area is 258 Å².